The lowest BCUT2D eigenvalue weighted by Gasteiger charge is -2.34. The largest absolute Gasteiger partial charge is 0.493 e. The molecule has 3 fully saturated rings. The Labute approximate surface area is 280 Å². The number of nitrogens with zero attached hydrogens (tertiary/aromatic N) is 4. The zero-order chi connectivity index (χ0) is 32.5. The maximum atomic E-state index is 12.2. The minimum absolute atomic E-state index is 0.262. The van der Waals surface area contributed by atoms with Gasteiger partial charge in [-0.3, -0.25) is 9.62 Å². The molecular weight excluding hydrogens is 637 g/mol. The van der Waals surface area contributed by atoms with Gasteiger partial charge in [0.2, 0.25) is 27.8 Å². The first kappa shape index (κ1) is 31.7. The molecule has 1 saturated carbocycles. The highest BCUT2D eigenvalue weighted by molar-refractivity contribution is 7.93. The molecule has 0 radical (unpaired) electrons. The molecular formula is C33H43N8O4S2+. The lowest BCUT2D eigenvalue weighted by Crippen LogP contribution is -2.51. The second-order valence-corrected chi connectivity index (χ2v) is 15.1. The SMILES string of the molecule is COc1cc2c(cc1OCCCN1CCCC1C)[nH]c1nc[nH+]c(N3CCN(C(=S)Nc4ccc(NS(=O)(=O)C5CC5)cc4)CC3)c12. The number of ether oxygens (including phenoxy) is 2. The van der Waals surface area contributed by atoms with Gasteiger partial charge < -0.3 is 29.6 Å². The average Bonchev–Trinajstić information content (AvgIpc) is 3.78. The Balaban J connectivity index is 0.989. The molecule has 0 bridgehead atoms. The molecule has 0 spiro atoms. The average molecular weight is 680 g/mol. The van der Waals surface area contributed by atoms with Crippen LogP contribution in [0, 0.1) is 0 Å². The van der Waals surface area contributed by atoms with E-state index < -0.39 is 10.0 Å². The number of fused-ring (bicyclic) bond motifs is 3. The van der Waals surface area contributed by atoms with Crippen molar-refractivity contribution in [2.45, 2.75) is 50.3 Å². The highest BCUT2D eigenvalue weighted by Gasteiger charge is 2.35. The first-order chi connectivity index (χ1) is 22.8. The van der Waals surface area contributed by atoms with Crippen molar-refractivity contribution in [2.75, 3.05) is 67.9 Å². The molecule has 3 aliphatic rings. The van der Waals surface area contributed by atoms with E-state index in [2.05, 4.69) is 46.6 Å². The molecule has 2 aromatic heterocycles. The number of hydrogen-bond acceptors (Lipinski definition) is 8. The number of aromatic nitrogens is 3. The van der Waals surface area contributed by atoms with Gasteiger partial charge in [-0.25, -0.2) is 13.4 Å². The van der Waals surface area contributed by atoms with Gasteiger partial charge in [-0.15, -0.1) is 0 Å². The van der Waals surface area contributed by atoms with E-state index in [-0.39, 0.29) is 5.25 Å². The number of sulfonamides is 1. The number of H-pyrrole nitrogens is 2. The summed E-state index contributed by atoms with van der Waals surface area (Å²) in [6.45, 7) is 8.18. The third-order valence-corrected chi connectivity index (χ3v) is 11.7. The quantitative estimate of drug-likeness (QED) is 0.157. The number of hydrogen-bond donors (Lipinski definition) is 3. The van der Waals surface area contributed by atoms with Crippen LogP contribution >= 0.6 is 12.2 Å². The highest BCUT2D eigenvalue weighted by atomic mass is 32.2. The first-order valence-electron chi connectivity index (χ1n) is 16.5. The molecule has 14 heteroatoms. The highest BCUT2D eigenvalue weighted by Crippen LogP contribution is 2.38. The number of anilines is 3. The van der Waals surface area contributed by atoms with Crippen molar-refractivity contribution in [3.05, 3.63) is 42.7 Å². The van der Waals surface area contributed by atoms with Gasteiger partial charge in [-0.1, -0.05) is 4.98 Å². The number of aromatic amines is 2. The number of thiocarbonyl (C=S) groups is 1. The summed E-state index contributed by atoms with van der Waals surface area (Å²) in [6, 6.07) is 11.9. The summed E-state index contributed by atoms with van der Waals surface area (Å²) in [5.41, 5.74) is 3.13. The molecule has 12 nitrogen and oxygen atoms in total. The van der Waals surface area contributed by atoms with Gasteiger partial charge in [-0.05, 0) is 88.1 Å². The second kappa shape index (κ2) is 13.3. The Morgan fingerprint density at radius 2 is 1.83 bits per heavy atom. The van der Waals surface area contributed by atoms with Crippen molar-refractivity contribution < 1.29 is 22.9 Å². The van der Waals surface area contributed by atoms with Crippen molar-refractivity contribution in [2.24, 2.45) is 0 Å². The summed E-state index contributed by atoms with van der Waals surface area (Å²) in [4.78, 5) is 18.5. The van der Waals surface area contributed by atoms with Gasteiger partial charge >= 0.3 is 0 Å². The molecule has 1 aliphatic carbocycles. The maximum absolute atomic E-state index is 12.2. The second-order valence-electron chi connectivity index (χ2n) is 12.7. The fraction of sp³-hybridized carbons (Fsp3) is 0.485. The Hall–Kier alpha value is -3.88. The van der Waals surface area contributed by atoms with Gasteiger partial charge in [0.05, 0.1) is 50.7 Å². The van der Waals surface area contributed by atoms with Gasteiger partial charge in [0, 0.05) is 35.4 Å². The maximum Gasteiger partial charge on any atom is 0.235 e. The number of methoxy groups -OCH3 is 1. The lowest BCUT2D eigenvalue weighted by molar-refractivity contribution is -0.367. The van der Waals surface area contributed by atoms with Crippen molar-refractivity contribution in [3.63, 3.8) is 0 Å². The number of piperazine rings is 1. The van der Waals surface area contributed by atoms with Crippen LogP contribution in [0.4, 0.5) is 17.2 Å². The molecule has 7 rings (SSSR count). The van der Waals surface area contributed by atoms with E-state index in [9.17, 15) is 8.42 Å². The molecule has 2 aliphatic heterocycles. The predicted octanol–water partition coefficient (Wildman–Crippen LogP) is 4.22. The van der Waals surface area contributed by atoms with E-state index in [1.54, 1.807) is 25.6 Å². The molecule has 2 aromatic carbocycles. The molecule has 4 aromatic rings. The molecule has 47 heavy (non-hydrogen) atoms. The first-order valence-corrected chi connectivity index (χ1v) is 18.4. The van der Waals surface area contributed by atoms with Crippen LogP contribution in [0.25, 0.3) is 21.9 Å². The Morgan fingerprint density at radius 3 is 2.53 bits per heavy atom. The Kier molecular flexibility index (Phi) is 8.99. The van der Waals surface area contributed by atoms with Gasteiger partial charge in [0.15, 0.2) is 16.6 Å². The molecule has 0 amide bonds. The van der Waals surface area contributed by atoms with Gasteiger partial charge in [-0.2, -0.15) is 0 Å². The predicted molar refractivity (Wildman–Crippen MR) is 189 cm³/mol. The minimum Gasteiger partial charge on any atom is -0.493 e. The van der Waals surface area contributed by atoms with Gasteiger partial charge in [0.25, 0.3) is 0 Å². The van der Waals surface area contributed by atoms with Crippen LogP contribution in [0.5, 0.6) is 11.5 Å². The summed E-state index contributed by atoms with van der Waals surface area (Å²) in [5, 5.41) is 5.72. The summed E-state index contributed by atoms with van der Waals surface area (Å²) in [5.74, 6) is 2.44. The smallest absolute Gasteiger partial charge is 0.235 e. The van der Waals surface area contributed by atoms with E-state index >= 15 is 0 Å². The zero-order valence-corrected chi connectivity index (χ0v) is 28.6. The van der Waals surface area contributed by atoms with Crippen molar-refractivity contribution >= 4 is 66.5 Å². The van der Waals surface area contributed by atoms with E-state index in [1.807, 2.05) is 24.3 Å². The number of nitrogens with one attached hydrogen (secondary N) is 4. The zero-order valence-electron chi connectivity index (χ0n) is 26.9. The number of rotatable bonds is 11. The van der Waals surface area contributed by atoms with Crippen LogP contribution < -0.4 is 29.4 Å². The van der Waals surface area contributed by atoms with Crippen molar-refractivity contribution in [1.82, 2.24) is 19.8 Å². The third-order valence-electron chi connectivity index (χ3n) is 9.48. The van der Waals surface area contributed by atoms with Crippen molar-refractivity contribution in [1.29, 1.82) is 0 Å². The third kappa shape index (κ3) is 6.90. The number of likely N-dealkylation sites (tertiary alicyclic amines) is 1. The topological polar surface area (TPSA) is 129 Å². The fourth-order valence-electron chi connectivity index (χ4n) is 6.63. The van der Waals surface area contributed by atoms with E-state index in [0.29, 0.717) is 29.2 Å². The van der Waals surface area contributed by atoms with Crippen LogP contribution in [0.3, 0.4) is 0 Å². The van der Waals surface area contributed by atoms with Crippen molar-refractivity contribution in [3.8, 4) is 11.5 Å². The monoisotopic (exact) mass is 679 g/mol. The standard InChI is InChI=1S/C33H42N8O4S2/c1-22-5-3-12-39(22)13-4-18-45-29-20-27-26(19-28(29)44-2)30-31(37-27)34-21-35-32(30)40-14-16-41(17-15-40)33(46)36-23-6-8-24(9-7-23)38-47(42,43)25-10-11-25/h6-9,19-22,25,38H,3-5,10-18H2,1-2H3,(H,36,46)(H,34,35,37)/p+1. The molecule has 250 valence electrons. The van der Waals surface area contributed by atoms with Crippen LogP contribution in [0.2, 0.25) is 0 Å². The summed E-state index contributed by atoms with van der Waals surface area (Å²) in [6.07, 6.45) is 6.73. The minimum atomic E-state index is -3.29. The molecule has 2 saturated heterocycles. The molecule has 4 N–H and O–H groups in total. The van der Waals surface area contributed by atoms with E-state index in [0.717, 1.165) is 91.2 Å². The molecule has 4 heterocycles. The van der Waals surface area contributed by atoms with E-state index in [1.165, 1.54) is 19.4 Å². The summed E-state index contributed by atoms with van der Waals surface area (Å²) < 4.78 is 39.1. The molecule has 1 unspecified atom stereocenters. The van der Waals surface area contributed by atoms with Crippen LogP contribution in [0.1, 0.15) is 39.0 Å². The Morgan fingerprint density at radius 1 is 1.06 bits per heavy atom. The summed E-state index contributed by atoms with van der Waals surface area (Å²) in [7, 11) is -1.61. The fourth-order valence-corrected chi connectivity index (χ4v) is 8.32. The molecule has 1 atom stereocenters. The van der Waals surface area contributed by atoms with E-state index in [4.69, 9.17) is 21.7 Å². The van der Waals surface area contributed by atoms with Crippen LogP contribution in [-0.2, 0) is 10.0 Å². The normalized spacial score (nSPS) is 19.0. The van der Waals surface area contributed by atoms with Crippen LogP contribution in [0.15, 0.2) is 42.7 Å². The number of benzene rings is 2. The van der Waals surface area contributed by atoms with Crippen LogP contribution in [-0.4, -0.2) is 97.6 Å². The Bertz CT molecular complexity index is 1850. The van der Waals surface area contributed by atoms with Gasteiger partial charge in [0.1, 0.15) is 5.39 Å². The summed E-state index contributed by atoms with van der Waals surface area (Å²) >= 11 is 5.75. The lowest BCUT2D eigenvalue weighted by atomic mass is 10.1.